The quantitative estimate of drug-likeness (QED) is 0.265. The van der Waals surface area contributed by atoms with Crippen LogP contribution in [-0.4, -0.2) is 62.8 Å². The normalized spacial score (nSPS) is 19.5. The zero-order chi connectivity index (χ0) is 9.72. The van der Waals surface area contributed by atoms with Crippen LogP contribution in [0.25, 0.3) is 0 Å². The molecule has 0 saturated carbocycles. The van der Waals surface area contributed by atoms with Crippen LogP contribution in [0.1, 0.15) is 0 Å². The van der Waals surface area contributed by atoms with E-state index in [-0.39, 0.29) is 25.8 Å². The maximum Gasteiger partial charge on any atom is 0.151 e. The summed E-state index contributed by atoms with van der Waals surface area (Å²) in [6.45, 7) is -0.760. The number of aliphatic hydroxyl groups is 5. The predicted octanol–water partition coefficient (Wildman–Crippen LogP) is -3.38. The van der Waals surface area contributed by atoms with Gasteiger partial charge in [0, 0.05) is 19.5 Å². The predicted molar refractivity (Wildman–Crippen MR) is 37.2 cm³/mol. The molecule has 0 bridgehead atoms. The molecule has 0 aromatic heterocycles. The summed E-state index contributed by atoms with van der Waals surface area (Å²) in [6.07, 6.45) is -6.84. The average molecular weight is 281 g/mol. The summed E-state index contributed by atoms with van der Waals surface area (Å²) in [5, 5.41) is 43.5. The zero-order valence-corrected chi connectivity index (χ0v) is 8.33. The van der Waals surface area contributed by atoms with E-state index in [1.165, 1.54) is 0 Å². The molecule has 4 atom stereocenters. The van der Waals surface area contributed by atoms with E-state index in [0.29, 0.717) is 0 Å². The summed E-state index contributed by atoms with van der Waals surface area (Å²) in [4.78, 5) is 9.90. The molecule has 5 N–H and O–H groups in total. The minimum absolute atomic E-state index is 0. The van der Waals surface area contributed by atoms with Gasteiger partial charge in [0.25, 0.3) is 0 Å². The molecular weight excluding hydrogens is 269 g/mol. The molecule has 0 rings (SSSR count). The Balaban J connectivity index is 0. The minimum Gasteiger partial charge on any atom is -0.394 e. The molecule has 0 aromatic rings. The maximum absolute atomic E-state index is 9.90. The van der Waals surface area contributed by atoms with Crippen molar-refractivity contribution in [2.24, 2.45) is 0 Å². The van der Waals surface area contributed by atoms with Gasteiger partial charge in [-0.3, -0.25) is 0 Å². The molecule has 0 heterocycles. The van der Waals surface area contributed by atoms with E-state index in [1.54, 1.807) is 0 Å². The summed E-state index contributed by atoms with van der Waals surface area (Å²) in [5.41, 5.74) is 0. The molecule has 0 aliphatic rings. The molecule has 0 unspecified atom stereocenters. The van der Waals surface area contributed by atoms with Crippen LogP contribution in [0.3, 0.4) is 0 Å². The monoisotopic (exact) mass is 282 g/mol. The van der Waals surface area contributed by atoms with Gasteiger partial charge >= 0.3 is 0 Å². The van der Waals surface area contributed by atoms with Crippen LogP contribution in [0.15, 0.2) is 0 Å². The Labute approximate surface area is 87.6 Å². The summed E-state index contributed by atoms with van der Waals surface area (Å²) >= 11 is 0. The molecule has 0 amide bonds. The van der Waals surface area contributed by atoms with Gasteiger partial charge in [-0.05, 0) is 0 Å². The summed E-state index contributed by atoms with van der Waals surface area (Å²) in [5.74, 6) is 0. The Bertz CT molecular complexity index is 143. The first-order chi connectivity index (χ1) is 5.54. The number of hydrogen-bond donors (Lipinski definition) is 5. The standard InChI is InChI=1S/C6H12O6.Ru/c7-1-3(9)5(11)6(12)4(10)2-8;/h1,3-6,8-12H,2H2;/t3-,4+,5+,6+;/m0./s1. The fourth-order valence-corrected chi connectivity index (χ4v) is 0.618. The van der Waals surface area contributed by atoms with E-state index in [2.05, 4.69) is 0 Å². The number of rotatable bonds is 5. The average Bonchev–Trinajstić information content (AvgIpc) is 2.12. The van der Waals surface area contributed by atoms with E-state index in [0.717, 1.165) is 0 Å². The second-order valence-corrected chi connectivity index (χ2v) is 2.36. The molecule has 0 radical (unpaired) electrons. The van der Waals surface area contributed by atoms with Crippen molar-refractivity contribution < 1.29 is 49.8 Å². The molecule has 7 heteroatoms. The molecule has 0 fully saturated rings. The fraction of sp³-hybridized carbons (Fsp3) is 0.833. The van der Waals surface area contributed by atoms with E-state index in [9.17, 15) is 4.79 Å². The van der Waals surface area contributed by atoms with Gasteiger partial charge in [0.2, 0.25) is 0 Å². The third kappa shape index (κ3) is 4.76. The van der Waals surface area contributed by atoms with Gasteiger partial charge in [-0.1, -0.05) is 0 Å². The SMILES string of the molecule is O=C[C@H](O)[C@@H](O)[C@H](O)[C@H](O)CO.[Ru]. The van der Waals surface area contributed by atoms with Crippen LogP contribution in [-0.2, 0) is 24.3 Å². The topological polar surface area (TPSA) is 118 Å². The molecule has 0 saturated heterocycles. The van der Waals surface area contributed by atoms with Crippen molar-refractivity contribution in [2.75, 3.05) is 6.61 Å². The van der Waals surface area contributed by atoms with E-state index in [4.69, 9.17) is 25.5 Å². The Morgan fingerprint density at radius 2 is 1.54 bits per heavy atom. The van der Waals surface area contributed by atoms with Crippen LogP contribution in [0.4, 0.5) is 0 Å². The van der Waals surface area contributed by atoms with Gasteiger partial charge < -0.3 is 30.3 Å². The van der Waals surface area contributed by atoms with Crippen molar-refractivity contribution in [3.63, 3.8) is 0 Å². The van der Waals surface area contributed by atoms with Crippen LogP contribution >= 0.6 is 0 Å². The van der Waals surface area contributed by atoms with Crippen LogP contribution in [0.5, 0.6) is 0 Å². The summed E-state index contributed by atoms with van der Waals surface area (Å²) in [6, 6.07) is 0. The largest absolute Gasteiger partial charge is 0.394 e. The minimum atomic E-state index is -1.79. The van der Waals surface area contributed by atoms with E-state index >= 15 is 0 Å². The number of carbonyl (C=O) groups is 1. The van der Waals surface area contributed by atoms with Crippen molar-refractivity contribution in [1.82, 2.24) is 0 Å². The van der Waals surface area contributed by atoms with Gasteiger partial charge in [0.15, 0.2) is 6.29 Å². The van der Waals surface area contributed by atoms with Crippen LogP contribution in [0.2, 0.25) is 0 Å². The van der Waals surface area contributed by atoms with Crippen molar-refractivity contribution in [2.45, 2.75) is 24.4 Å². The van der Waals surface area contributed by atoms with Crippen LogP contribution < -0.4 is 0 Å². The first-order valence-electron chi connectivity index (χ1n) is 3.33. The third-order valence-corrected chi connectivity index (χ3v) is 1.42. The second kappa shape index (κ2) is 7.49. The Morgan fingerprint density at radius 1 is 1.08 bits per heavy atom. The molecule has 0 spiro atoms. The van der Waals surface area contributed by atoms with Crippen LogP contribution in [0, 0.1) is 0 Å². The first kappa shape index (κ1) is 15.6. The summed E-state index contributed by atoms with van der Waals surface area (Å²) in [7, 11) is 0. The maximum atomic E-state index is 9.90. The molecule has 80 valence electrons. The van der Waals surface area contributed by atoms with Gasteiger partial charge in [-0.2, -0.15) is 0 Å². The molecule has 0 aromatic carbocycles. The van der Waals surface area contributed by atoms with E-state index in [1.807, 2.05) is 0 Å². The Morgan fingerprint density at radius 3 is 1.85 bits per heavy atom. The number of aldehydes is 1. The van der Waals surface area contributed by atoms with Crippen molar-refractivity contribution in [3.8, 4) is 0 Å². The van der Waals surface area contributed by atoms with Gasteiger partial charge in [-0.15, -0.1) is 0 Å². The zero-order valence-electron chi connectivity index (χ0n) is 6.59. The number of hydrogen-bond acceptors (Lipinski definition) is 6. The summed E-state index contributed by atoms with van der Waals surface area (Å²) < 4.78 is 0. The molecule has 0 aliphatic carbocycles. The molecule has 0 aliphatic heterocycles. The molecular formula is C6H12O6Ru. The molecule has 13 heavy (non-hydrogen) atoms. The second-order valence-electron chi connectivity index (χ2n) is 2.36. The number of carbonyl (C=O) groups excluding carboxylic acids is 1. The smallest absolute Gasteiger partial charge is 0.151 e. The Kier molecular flexibility index (Phi) is 8.97. The van der Waals surface area contributed by atoms with Crippen molar-refractivity contribution in [3.05, 3.63) is 0 Å². The fourth-order valence-electron chi connectivity index (χ4n) is 0.618. The van der Waals surface area contributed by atoms with Crippen molar-refractivity contribution >= 4 is 6.29 Å². The molecule has 6 nitrogen and oxygen atoms in total. The van der Waals surface area contributed by atoms with Gasteiger partial charge in [0.1, 0.15) is 24.4 Å². The first-order valence-corrected chi connectivity index (χ1v) is 3.33. The third-order valence-electron chi connectivity index (χ3n) is 1.42. The number of aliphatic hydroxyl groups excluding tert-OH is 5. The van der Waals surface area contributed by atoms with Crippen molar-refractivity contribution in [1.29, 1.82) is 0 Å². The Hall–Kier alpha value is 0.0934. The van der Waals surface area contributed by atoms with Gasteiger partial charge in [-0.25, -0.2) is 0 Å². The van der Waals surface area contributed by atoms with E-state index < -0.39 is 31.0 Å². The van der Waals surface area contributed by atoms with Gasteiger partial charge in [0.05, 0.1) is 6.61 Å².